The van der Waals surface area contributed by atoms with Gasteiger partial charge >= 0.3 is 6.18 Å². The van der Waals surface area contributed by atoms with E-state index in [1.54, 1.807) is 0 Å². The fourth-order valence-corrected chi connectivity index (χ4v) is 1.53. The average molecular weight is 193 g/mol. The molecule has 0 unspecified atom stereocenters. The zero-order valence-corrected chi connectivity index (χ0v) is 6.67. The quantitative estimate of drug-likeness (QED) is 0.640. The number of hydrogen-bond donors (Lipinski definition) is 3. The molecule has 70 valence electrons. The van der Waals surface area contributed by atoms with Crippen molar-refractivity contribution in [2.24, 2.45) is 0 Å². The van der Waals surface area contributed by atoms with Crippen molar-refractivity contribution >= 4 is 10.8 Å². The highest BCUT2D eigenvalue weighted by molar-refractivity contribution is 8.22. The summed E-state index contributed by atoms with van der Waals surface area (Å²) in [6.45, 7) is 1.59. The minimum Gasteiger partial charge on any atom is -0.285 e. The summed E-state index contributed by atoms with van der Waals surface area (Å²) in [4.78, 5) is 0. The van der Waals surface area contributed by atoms with Crippen LogP contribution < -0.4 is 4.72 Å². The molecule has 0 saturated heterocycles. The van der Waals surface area contributed by atoms with Gasteiger partial charge in [0.15, 0.2) is 0 Å². The first-order valence-electron chi connectivity index (χ1n) is 2.84. The minimum absolute atomic E-state index is 0.0956. The van der Waals surface area contributed by atoms with Gasteiger partial charge in [-0.15, -0.1) is 10.8 Å². The number of nitrogens with one attached hydrogen (secondary N) is 1. The fourth-order valence-electron chi connectivity index (χ4n) is 0.510. The summed E-state index contributed by atoms with van der Waals surface area (Å²) in [6, 6.07) is 0. The maximum Gasteiger partial charge on any atom is 0.407 e. The van der Waals surface area contributed by atoms with Gasteiger partial charge in [0.25, 0.3) is 0 Å². The lowest BCUT2D eigenvalue weighted by atomic mass is 10.8. The third-order valence-corrected chi connectivity index (χ3v) is 2.22. The third-order valence-electron chi connectivity index (χ3n) is 0.740. The summed E-state index contributed by atoms with van der Waals surface area (Å²) in [6.07, 6.45) is -4.54. The van der Waals surface area contributed by atoms with Crippen molar-refractivity contribution in [1.29, 1.82) is 0 Å². The van der Waals surface area contributed by atoms with E-state index in [9.17, 15) is 13.2 Å². The monoisotopic (exact) mass is 193 g/mol. The van der Waals surface area contributed by atoms with Crippen molar-refractivity contribution in [2.75, 3.05) is 12.3 Å². The van der Waals surface area contributed by atoms with Crippen LogP contribution in [0.1, 0.15) is 6.92 Å². The Labute approximate surface area is 64.1 Å². The molecular weight excluding hydrogens is 183 g/mol. The van der Waals surface area contributed by atoms with Gasteiger partial charge < -0.3 is 0 Å². The zero-order chi connectivity index (χ0) is 9.12. The van der Waals surface area contributed by atoms with E-state index in [0.29, 0.717) is 0 Å². The molecule has 0 radical (unpaired) electrons. The van der Waals surface area contributed by atoms with Crippen molar-refractivity contribution in [2.45, 2.75) is 13.1 Å². The SMILES string of the molecule is CCNS(O)(O)CC(F)(F)F. The minimum atomic E-state index is -4.54. The fraction of sp³-hybridized carbons (Fsp3) is 1.00. The maximum absolute atomic E-state index is 11.5. The van der Waals surface area contributed by atoms with Crippen LogP contribution in [0.3, 0.4) is 0 Å². The number of alkyl halides is 3. The second-order valence-corrected chi connectivity index (χ2v) is 3.84. The number of halogens is 3. The first-order chi connectivity index (χ1) is 4.77. The third kappa shape index (κ3) is 6.42. The average Bonchev–Trinajstić information content (AvgIpc) is 1.55. The predicted octanol–water partition coefficient (Wildman–Crippen LogP) is 1.82. The molecule has 0 saturated carbocycles. The molecule has 0 bridgehead atoms. The summed E-state index contributed by atoms with van der Waals surface area (Å²) in [5.41, 5.74) is 0. The molecule has 3 nitrogen and oxygen atoms in total. The van der Waals surface area contributed by atoms with Gasteiger partial charge in [-0.1, -0.05) is 6.92 Å². The van der Waals surface area contributed by atoms with Crippen LogP contribution in [0.5, 0.6) is 0 Å². The van der Waals surface area contributed by atoms with E-state index in [1.165, 1.54) is 6.92 Å². The van der Waals surface area contributed by atoms with Crippen LogP contribution >= 0.6 is 10.8 Å². The van der Waals surface area contributed by atoms with Gasteiger partial charge in [0.2, 0.25) is 0 Å². The lowest BCUT2D eigenvalue weighted by Crippen LogP contribution is -2.29. The van der Waals surface area contributed by atoms with Crippen molar-refractivity contribution in [3.8, 4) is 0 Å². The van der Waals surface area contributed by atoms with E-state index >= 15 is 0 Å². The van der Waals surface area contributed by atoms with Crippen LogP contribution in [0, 0.1) is 0 Å². The van der Waals surface area contributed by atoms with Crippen molar-refractivity contribution < 1.29 is 22.3 Å². The van der Waals surface area contributed by atoms with Gasteiger partial charge in [0.05, 0.1) is 0 Å². The molecule has 0 aromatic heterocycles. The molecule has 0 aliphatic carbocycles. The zero-order valence-electron chi connectivity index (χ0n) is 5.85. The van der Waals surface area contributed by atoms with Crippen LogP contribution in [0.15, 0.2) is 0 Å². The molecule has 0 rings (SSSR count). The Morgan fingerprint density at radius 1 is 1.36 bits per heavy atom. The summed E-state index contributed by atoms with van der Waals surface area (Å²) in [5.74, 6) is -1.59. The second-order valence-electron chi connectivity index (χ2n) is 1.92. The number of hydrogen-bond acceptors (Lipinski definition) is 3. The molecule has 0 fully saturated rings. The van der Waals surface area contributed by atoms with Crippen LogP contribution in [0.2, 0.25) is 0 Å². The lowest BCUT2D eigenvalue weighted by molar-refractivity contribution is -0.107. The molecule has 0 heterocycles. The molecule has 0 aromatic rings. The Balaban J connectivity index is 3.91. The van der Waals surface area contributed by atoms with E-state index in [4.69, 9.17) is 9.11 Å². The van der Waals surface area contributed by atoms with Gasteiger partial charge in [-0.25, -0.2) is 4.72 Å². The largest absolute Gasteiger partial charge is 0.407 e. The van der Waals surface area contributed by atoms with Crippen LogP contribution in [-0.4, -0.2) is 27.6 Å². The van der Waals surface area contributed by atoms with Gasteiger partial charge in [-0.3, -0.25) is 9.11 Å². The Bertz CT molecular complexity index is 127. The topological polar surface area (TPSA) is 52.5 Å². The standard InChI is InChI=1S/C4H10F3NO2S/c1-2-8-11(9,10)3-4(5,6)7/h8-10H,2-3H2,1H3. The molecule has 0 aliphatic heterocycles. The van der Waals surface area contributed by atoms with E-state index in [2.05, 4.69) is 0 Å². The van der Waals surface area contributed by atoms with Crippen LogP contribution in [0.25, 0.3) is 0 Å². The Kier molecular flexibility index (Phi) is 3.62. The molecule has 0 spiro atoms. The van der Waals surface area contributed by atoms with Gasteiger partial charge in [-0.05, 0) is 0 Å². The normalized spacial score (nSPS) is 15.1. The summed E-state index contributed by atoms with van der Waals surface area (Å²) in [7, 11) is -3.66. The van der Waals surface area contributed by atoms with Crippen molar-refractivity contribution in [3.05, 3.63) is 0 Å². The Hall–Kier alpha value is 0.0200. The molecular formula is C4H10F3NO2S. The molecule has 0 aliphatic rings. The Morgan fingerprint density at radius 3 is 2.09 bits per heavy atom. The number of rotatable bonds is 3. The Morgan fingerprint density at radius 2 is 1.82 bits per heavy atom. The van der Waals surface area contributed by atoms with Gasteiger partial charge in [-0.2, -0.15) is 13.2 Å². The highest BCUT2D eigenvalue weighted by Gasteiger charge is 2.34. The first kappa shape index (κ1) is 11.0. The van der Waals surface area contributed by atoms with E-state index in [1.807, 2.05) is 4.72 Å². The second kappa shape index (κ2) is 3.61. The summed E-state index contributed by atoms with van der Waals surface area (Å²) < 4.78 is 53.9. The van der Waals surface area contributed by atoms with Crippen molar-refractivity contribution in [3.63, 3.8) is 0 Å². The van der Waals surface area contributed by atoms with Gasteiger partial charge in [0, 0.05) is 6.54 Å². The van der Waals surface area contributed by atoms with Crippen LogP contribution in [-0.2, 0) is 0 Å². The first-order valence-corrected chi connectivity index (χ1v) is 4.56. The summed E-state index contributed by atoms with van der Waals surface area (Å²) >= 11 is 0. The smallest absolute Gasteiger partial charge is 0.285 e. The highest BCUT2D eigenvalue weighted by atomic mass is 32.3. The predicted molar refractivity (Wildman–Crippen MR) is 37.4 cm³/mol. The molecule has 3 N–H and O–H groups in total. The van der Waals surface area contributed by atoms with Crippen molar-refractivity contribution in [1.82, 2.24) is 4.72 Å². The maximum atomic E-state index is 11.5. The van der Waals surface area contributed by atoms with Gasteiger partial charge in [0.1, 0.15) is 5.75 Å². The van der Waals surface area contributed by atoms with Crippen LogP contribution in [0.4, 0.5) is 13.2 Å². The molecule has 11 heavy (non-hydrogen) atoms. The van der Waals surface area contributed by atoms with E-state index in [0.717, 1.165) is 0 Å². The molecule has 0 aromatic carbocycles. The highest BCUT2D eigenvalue weighted by Crippen LogP contribution is 2.39. The lowest BCUT2D eigenvalue weighted by Gasteiger charge is -2.32. The molecule has 0 amide bonds. The van der Waals surface area contributed by atoms with E-state index < -0.39 is 22.7 Å². The van der Waals surface area contributed by atoms with E-state index in [-0.39, 0.29) is 6.54 Å². The molecule has 7 heteroatoms. The molecule has 0 atom stereocenters. The summed E-state index contributed by atoms with van der Waals surface area (Å²) in [5, 5.41) is 0.